The molecule has 0 amide bonds. The van der Waals surface area contributed by atoms with E-state index in [-0.39, 0.29) is 12.1 Å². The second-order valence-electron chi connectivity index (χ2n) is 6.70. The van der Waals surface area contributed by atoms with Gasteiger partial charge in [-0.25, -0.2) is 9.97 Å². The number of aromatic nitrogens is 2. The zero-order valence-electron chi connectivity index (χ0n) is 15.0. The van der Waals surface area contributed by atoms with E-state index < -0.39 is 0 Å². The van der Waals surface area contributed by atoms with Crippen molar-refractivity contribution < 1.29 is 9.47 Å². The van der Waals surface area contributed by atoms with Gasteiger partial charge in [-0.1, -0.05) is 23.7 Å². The highest BCUT2D eigenvalue weighted by atomic mass is 35.5. The van der Waals surface area contributed by atoms with Crippen molar-refractivity contribution in [2.75, 3.05) is 12.4 Å². The summed E-state index contributed by atoms with van der Waals surface area (Å²) in [4.78, 5) is 8.75. The molecule has 0 unspecified atom stereocenters. The first kappa shape index (κ1) is 17.8. The first-order valence-electron chi connectivity index (χ1n) is 8.85. The van der Waals surface area contributed by atoms with Gasteiger partial charge < -0.3 is 20.5 Å². The maximum Gasteiger partial charge on any atom is 0.162 e. The summed E-state index contributed by atoms with van der Waals surface area (Å²) in [5, 5.41) is 4.94. The van der Waals surface area contributed by atoms with E-state index in [0.29, 0.717) is 23.1 Å². The molecule has 1 fully saturated rings. The minimum absolute atomic E-state index is 0.124. The molecule has 1 aliphatic carbocycles. The number of nitrogens with one attached hydrogen (secondary N) is 1. The topological polar surface area (TPSA) is 82.3 Å². The van der Waals surface area contributed by atoms with Gasteiger partial charge >= 0.3 is 0 Å². The van der Waals surface area contributed by atoms with Crippen molar-refractivity contribution >= 4 is 28.3 Å². The lowest BCUT2D eigenvalue weighted by Crippen LogP contribution is -2.43. The first-order chi connectivity index (χ1) is 13.1. The Morgan fingerprint density at radius 2 is 2.04 bits per heavy atom. The molecule has 6 nitrogen and oxygen atoms in total. The van der Waals surface area contributed by atoms with E-state index in [4.69, 9.17) is 26.8 Å². The lowest BCUT2D eigenvalue weighted by atomic mass is 9.90. The fourth-order valence-corrected chi connectivity index (χ4v) is 3.38. The zero-order valence-corrected chi connectivity index (χ0v) is 15.7. The average Bonchev–Trinajstić information content (AvgIpc) is 2.64. The van der Waals surface area contributed by atoms with Crippen molar-refractivity contribution in [2.24, 2.45) is 5.73 Å². The Hall–Kier alpha value is -2.57. The van der Waals surface area contributed by atoms with Crippen LogP contribution >= 0.6 is 11.6 Å². The van der Waals surface area contributed by atoms with Gasteiger partial charge in [-0.3, -0.25) is 0 Å². The monoisotopic (exact) mass is 384 g/mol. The Labute approximate surface area is 162 Å². The molecule has 3 aromatic rings. The van der Waals surface area contributed by atoms with Crippen molar-refractivity contribution in [2.45, 2.75) is 31.5 Å². The van der Waals surface area contributed by atoms with Gasteiger partial charge in [0, 0.05) is 29.1 Å². The summed E-state index contributed by atoms with van der Waals surface area (Å²) in [5.41, 5.74) is 7.72. The van der Waals surface area contributed by atoms with E-state index in [1.807, 2.05) is 36.4 Å². The molecule has 27 heavy (non-hydrogen) atoms. The molecule has 2 aromatic carbocycles. The van der Waals surface area contributed by atoms with Gasteiger partial charge in [-0.2, -0.15) is 0 Å². The van der Waals surface area contributed by atoms with Crippen LogP contribution < -0.4 is 20.5 Å². The van der Waals surface area contributed by atoms with Gasteiger partial charge in [0.05, 0.1) is 12.6 Å². The maximum absolute atomic E-state index is 6.08. The third kappa shape index (κ3) is 3.91. The van der Waals surface area contributed by atoms with E-state index in [9.17, 15) is 0 Å². The maximum atomic E-state index is 6.08. The zero-order chi connectivity index (χ0) is 18.8. The number of anilines is 1. The molecule has 0 aliphatic heterocycles. The molecule has 4 rings (SSSR count). The predicted molar refractivity (Wildman–Crippen MR) is 106 cm³/mol. The van der Waals surface area contributed by atoms with Gasteiger partial charge in [0.1, 0.15) is 18.2 Å². The number of nitrogens with zero attached hydrogens (tertiary/aromatic N) is 2. The highest BCUT2D eigenvalue weighted by molar-refractivity contribution is 6.30. The first-order valence-corrected chi connectivity index (χ1v) is 9.23. The normalized spacial score (nSPS) is 18.8. The van der Waals surface area contributed by atoms with Crippen molar-refractivity contribution in [3.63, 3.8) is 0 Å². The molecule has 140 valence electrons. The summed E-state index contributed by atoms with van der Waals surface area (Å²) < 4.78 is 11.6. The highest BCUT2D eigenvalue weighted by Crippen LogP contribution is 2.36. The average molecular weight is 385 g/mol. The third-order valence-electron chi connectivity index (χ3n) is 4.69. The Morgan fingerprint density at radius 1 is 1.19 bits per heavy atom. The van der Waals surface area contributed by atoms with Crippen LogP contribution in [0.5, 0.6) is 11.5 Å². The number of nitrogens with two attached hydrogens (primary N) is 1. The summed E-state index contributed by atoms with van der Waals surface area (Å²) in [6, 6.07) is 11.7. The molecule has 0 bridgehead atoms. The second-order valence-corrected chi connectivity index (χ2v) is 7.13. The number of fused-ring (bicyclic) bond motifs is 1. The van der Waals surface area contributed by atoms with E-state index in [2.05, 4.69) is 15.3 Å². The standard InChI is InChI=1S/C20H21ClN4O2/c1-26-18-9-17-16(8-19(18)27-15-6-14(22)7-15)20(25-11-24-17)23-10-12-3-2-4-13(21)5-12/h2-5,8-9,11,14-15H,6-7,10,22H2,1H3,(H,23,24,25). The number of hydrogen-bond acceptors (Lipinski definition) is 6. The van der Waals surface area contributed by atoms with Crippen LogP contribution in [-0.4, -0.2) is 29.2 Å². The number of ether oxygens (including phenoxy) is 2. The van der Waals surface area contributed by atoms with Gasteiger partial charge in [-0.15, -0.1) is 0 Å². The summed E-state index contributed by atoms with van der Waals surface area (Å²) in [6.07, 6.45) is 3.37. The molecule has 1 aliphatic rings. The van der Waals surface area contributed by atoms with Crippen molar-refractivity contribution in [3.8, 4) is 11.5 Å². The van der Waals surface area contributed by atoms with Gasteiger partial charge in [0.2, 0.25) is 0 Å². The molecule has 1 heterocycles. The fraction of sp³-hybridized carbons (Fsp3) is 0.300. The summed E-state index contributed by atoms with van der Waals surface area (Å²) in [7, 11) is 1.63. The molecular formula is C20H21ClN4O2. The molecule has 0 radical (unpaired) electrons. The largest absolute Gasteiger partial charge is 0.493 e. The Kier molecular flexibility index (Phi) is 5.01. The minimum Gasteiger partial charge on any atom is -0.493 e. The molecule has 0 atom stereocenters. The summed E-state index contributed by atoms with van der Waals surface area (Å²) in [6.45, 7) is 0.604. The van der Waals surface area contributed by atoms with Crippen LogP contribution in [0.15, 0.2) is 42.7 Å². The van der Waals surface area contributed by atoms with E-state index >= 15 is 0 Å². The minimum atomic E-state index is 0.124. The van der Waals surface area contributed by atoms with Crippen molar-refractivity contribution in [1.29, 1.82) is 0 Å². The SMILES string of the molecule is COc1cc2ncnc(NCc3cccc(Cl)c3)c2cc1OC1CC(N)C1. The van der Waals surface area contributed by atoms with Crippen LogP contribution in [0.2, 0.25) is 5.02 Å². The van der Waals surface area contributed by atoms with Gasteiger partial charge in [0.15, 0.2) is 11.5 Å². The summed E-state index contributed by atoms with van der Waals surface area (Å²) in [5.74, 6) is 2.07. The highest BCUT2D eigenvalue weighted by Gasteiger charge is 2.28. The molecule has 0 saturated heterocycles. The van der Waals surface area contributed by atoms with E-state index in [1.54, 1.807) is 7.11 Å². The molecule has 7 heteroatoms. The van der Waals surface area contributed by atoms with Crippen LogP contribution in [0, 0.1) is 0 Å². The number of rotatable bonds is 6. The van der Waals surface area contributed by atoms with Crippen LogP contribution in [0.3, 0.4) is 0 Å². The molecule has 1 saturated carbocycles. The fourth-order valence-electron chi connectivity index (χ4n) is 3.17. The van der Waals surface area contributed by atoms with Gasteiger partial charge in [0.25, 0.3) is 0 Å². The predicted octanol–water partition coefficient (Wildman–Crippen LogP) is 3.77. The molecule has 3 N–H and O–H groups in total. The lowest BCUT2D eigenvalue weighted by Gasteiger charge is -2.33. The van der Waals surface area contributed by atoms with Crippen molar-refractivity contribution in [3.05, 3.63) is 53.3 Å². The van der Waals surface area contributed by atoms with Crippen molar-refractivity contribution in [1.82, 2.24) is 9.97 Å². The number of benzene rings is 2. The van der Waals surface area contributed by atoms with E-state index in [0.717, 1.165) is 35.1 Å². The summed E-state index contributed by atoms with van der Waals surface area (Å²) >= 11 is 6.06. The number of hydrogen-bond donors (Lipinski definition) is 2. The van der Waals surface area contributed by atoms with Crippen LogP contribution in [-0.2, 0) is 6.54 Å². The molecule has 0 spiro atoms. The smallest absolute Gasteiger partial charge is 0.162 e. The third-order valence-corrected chi connectivity index (χ3v) is 4.93. The van der Waals surface area contributed by atoms with E-state index in [1.165, 1.54) is 6.33 Å². The molecule has 1 aromatic heterocycles. The van der Waals surface area contributed by atoms with Crippen LogP contribution in [0.4, 0.5) is 5.82 Å². The Bertz CT molecular complexity index is 960. The lowest BCUT2D eigenvalue weighted by molar-refractivity contribution is 0.0975. The van der Waals surface area contributed by atoms with Crippen LogP contribution in [0.25, 0.3) is 10.9 Å². The number of methoxy groups -OCH3 is 1. The Balaban J connectivity index is 1.62. The molecular weight excluding hydrogens is 364 g/mol. The Morgan fingerprint density at radius 3 is 2.78 bits per heavy atom. The number of halogens is 1. The second kappa shape index (κ2) is 7.58. The quantitative estimate of drug-likeness (QED) is 0.673. The van der Waals surface area contributed by atoms with Gasteiger partial charge in [-0.05, 0) is 36.6 Å². The van der Waals surface area contributed by atoms with Crippen LogP contribution in [0.1, 0.15) is 18.4 Å².